The number of aromatic nitrogens is 2. The number of benzene rings is 1. The van der Waals surface area contributed by atoms with E-state index in [1.165, 1.54) is 18.2 Å². The van der Waals surface area contributed by atoms with Gasteiger partial charge in [-0.1, -0.05) is 6.07 Å². The summed E-state index contributed by atoms with van der Waals surface area (Å²) in [5, 5.41) is 10.9. The van der Waals surface area contributed by atoms with Crippen LogP contribution in [0.15, 0.2) is 24.3 Å². The fourth-order valence-electron chi connectivity index (χ4n) is 5.67. The van der Waals surface area contributed by atoms with E-state index in [0.717, 1.165) is 58.2 Å². The Morgan fingerprint density at radius 3 is 2.55 bits per heavy atom. The molecule has 9 heteroatoms. The second-order valence-electron chi connectivity index (χ2n) is 9.73. The van der Waals surface area contributed by atoms with E-state index < -0.39 is 17.6 Å². The number of hydrogen-bond acceptors (Lipinski definition) is 5. The van der Waals surface area contributed by atoms with E-state index >= 15 is 0 Å². The first-order valence-corrected chi connectivity index (χ1v) is 11.5. The van der Waals surface area contributed by atoms with Crippen LogP contribution in [0.4, 0.5) is 23.4 Å². The highest BCUT2D eigenvalue weighted by molar-refractivity contribution is 5.65. The lowest BCUT2D eigenvalue weighted by molar-refractivity contribution is -0.137. The SMILES string of the molecule is Cc1ccc(F)cc1-c1cc(C(F)(F)F)c(NC2C[C@@H]3CN(CC4CCOC4)C[C@@H]3C2)nn1. The molecule has 178 valence electrons. The number of likely N-dealkylation sites (tertiary alicyclic amines) is 1. The minimum Gasteiger partial charge on any atom is -0.381 e. The Morgan fingerprint density at radius 1 is 1.12 bits per heavy atom. The number of hydrogen-bond donors (Lipinski definition) is 1. The molecule has 3 fully saturated rings. The smallest absolute Gasteiger partial charge is 0.381 e. The quantitative estimate of drug-likeness (QED) is 0.647. The van der Waals surface area contributed by atoms with Crippen LogP contribution in [-0.4, -0.2) is 54.0 Å². The highest BCUT2D eigenvalue weighted by Crippen LogP contribution is 2.42. The summed E-state index contributed by atoms with van der Waals surface area (Å²) in [6, 6.07) is 4.89. The summed E-state index contributed by atoms with van der Waals surface area (Å²) in [6.07, 6.45) is -1.83. The molecule has 1 aromatic heterocycles. The Kier molecular flexibility index (Phi) is 6.03. The maximum atomic E-state index is 13.9. The van der Waals surface area contributed by atoms with Crippen molar-refractivity contribution in [1.29, 1.82) is 0 Å². The lowest BCUT2D eigenvalue weighted by Crippen LogP contribution is -2.30. The normalized spacial score (nSPS) is 27.8. The predicted octanol–water partition coefficient (Wildman–Crippen LogP) is 4.77. The van der Waals surface area contributed by atoms with Crippen LogP contribution < -0.4 is 5.32 Å². The molecular formula is C24H28F4N4O. The molecule has 1 saturated carbocycles. The average molecular weight is 465 g/mol. The van der Waals surface area contributed by atoms with Crippen LogP contribution in [0, 0.1) is 30.5 Å². The van der Waals surface area contributed by atoms with Crippen molar-refractivity contribution in [3.63, 3.8) is 0 Å². The summed E-state index contributed by atoms with van der Waals surface area (Å²) >= 11 is 0. The van der Waals surface area contributed by atoms with Gasteiger partial charge in [0.15, 0.2) is 5.82 Å². The number of alkyl halides is 3. The lowest BCUT2D eigenvalue weighted by atomic mass is 10.0. The highest BCUT2D eigenvalue weighted by Gasteiger charge is 2.43. The molecule has 2 aliphatic heterocycles. The Labute approximate surface area is 190 Å². The monoisotopic (exact) mass is 464 g/mol. The van der Waals surface area contributed by atoms with Gasteiger partial charge >= 0.3 is 6.18 Å². The highest BCUT2D eigenvalue weighted by atomic mass is 19.4. The van der Waals surface area contributed by atoms with Crippen molar-refractivity contribution in [2.75, 3.05) is 38.2 Å². The van der Waals surface area contributed by atoms with Gasteiger partial charge in [0.2, 0.25) is 0 Å². The van der Waals surface area contributed by atoms with Gasteiger partial charge in [0.25, 0.3) is 0 Å². The van der Waals surface area contributed by atoms with Crippen molar-refractivity contribution in [3.05, 3.63) is 41.2 Å². The van der Waals surface area contributed by atoms with Gasteiger partial charge in [-0.25, -0.2) is 4.39 Å². The van der Waals surface area contributed by atoms with Crippen LogP contribution >= 0.6 is 0 Å². The van der Waals surface area contributed by atoms with Gasteiger partial charge in [0.05, 0.1) is 12.3 Å². The van der Waals surface area contributed by atoms with Gasteiger partial charge in [-0.2, -0.15) is 13.2 Å². The number of halogens is 4. The largest absolute Gasteiger partial charge is 0.420 e. The summed E-state index contributed by atoms with van der Waals surface area (Å²) < 4.78 is 60.8. The number of ether oxygens (including phenoxy) is 1. The zero-order chi connectivity index (χ0) is 23.2. The van der Waals surface area contributed by atoms with E-state index in [1.807, 2.05) is 0 Å². The molecule has 5 rings (SSSR count). The van der Waals surface area contributed by atoms with E-state index in [4.69, 9.17) is 4.74 Å². The first-order valence-electron chi connectivity index (χ1n) is 11.5. The molecule has 2 unspecified atom stereocenters. The molecule has 0 amide bonds. The molecule has 1 aromatic carbocycles. The minimum atomic E-state index is -4.59. The molecule has 0 spiro atoms. The Morgan fingerprint density at radius 2 is 1.88 bits per heavy atom. The molecule has 5 nitrogen and oxygen atoms in total. The van der Waals surface area contributed by atoms with Gasteiger partial charge in [-0.05, 0) is 67.7 Å². The summed E-state index contributed by atoms with van der Waals surface area (Å²) in [5.41, 5.74) is 0.0929. The lowest BCUT2D eigenvalue weighted by Gasteiger charge is -2.23. The van der Waals surface area contributed by atoms with E-state index in [2.05, 4.69) is 20.4 Å². The van der Waals surface area contributed by atoms with E-state index in [1.54, 1.807) is 6.92 Å². The van der Waals surface area contributed by atoms with Crippen molar-refractivity contribution in [2.24, 2.45) is 17.8 Å². The molecule has 1 aliphatic carbocycles. The third kappa shape index (κ3) is 4.84. The van der Waals surface area contributed by atoms with Gasteiger partial charge < -0.3 is 15.0 Å². The van der Waals surface area contributed by atoms with Crippen LogP contribution in [0.1, 0.15) is 30.4 Å². The summed E-state index contributed by atoms with van der Waals surface area (Å²) in [7, 11) is 0. The Bertz CT molecular complexity index is 994. The van der Waals surface area contributed by atoms with Crippen LogP contribution in [0.5, 0.6) is 0 Å². The van der Waals surface area contributed by atoms with Gasteiger partial charge in [0, 0.05) is 37.8 Å². The van der Waals surface area contributed by atoms with Crippen molar-refractivity contribution < 1.29 is 22.3 Å². The third-order valence-electron chi connectivity index (χ3n) is 7.28. The molecule has 0 radical (unpaired) electrons. The maximum absolute atomic E-state index is 13.9. The Balaban J connectivity index is 1.29. The van der Waals surface area contributed by atoms with E-state index in [9.17, 15) is 17.6 Å². The van der Waals surface area contributed by atoms with E-state index in [0.29, 0.717) is 28.9 Å². The molecule has 3 heterocycles. The second-order valence-corrected chi connectivity index (χ2v) is 9.73. The Hall–Kier alpha value is -2.26. The first-order chi connectivity index (χ1) is 15.8. The number of fused-ring (bicyclic) bond motifs is 1. The number of aryl methyl sites for hydroxylation is 1. The molecule has 2 aromatic rings. The summed E-state index contributed by atoms with van der Waals surface area (Å²) in [6.45, 7) is 6.42. The van der Waals surface area contributed by atoms with Crippen LogP contribution in [0.2, 0.25) is 0 Å². The zero-order valence-electron chi connectivity index (χ0n) is 18.5. The molecular weight excluding hydrogens is 436 g/mol. The van der Waals surface area contributed by atoms with E-state index in [-0.39, 0.29) is 17.6 Å². The van der Waals surface area contributed by atoms with Crippen molar-refractivity contribution in [2.45, 2.75) is 38.4 Å². The van der Waals surface area contributed by atoms with Gasteiger partial charge in [-0.3, -0.25) is 0 Å². The summed E-state index contributed by atoms with van der Waals surface area (Å²) in [4.78, 5) is 2.49. The zero-order valence-corrected chi connectivity index (χ0v) is 18.5. The standard InChI is InChI=1S/C24H28F4N4O/c1-14-2-3-18(25)8-20(14)22-9-21(24(26,27)28)23(31-30-22)29-19-6-16-11-32(12-17(16)7-19)10-15-4-5-33-13-15/h2-3,8-9,15-17,19H,4-7,10-13H2,1H3,(H,29,31)/t15?,16-,17+,19?. The average Bonchev–Trinajstić information content (AvgIpc) is 3.47. The number of nitrogens with zero attached hydrogens (tertiary/aromatic N) is 3. The molecule has 0 bridgehead atoms. The molecule has 2 saturated heterocycles. The minimum absolute atomic E-state index is 0.0136. The predicted molar refractivity (Wildman–Crippen MR) is 116 cm³/mol. The number of anilines is 1. The van der Waals surface area contributed by atoms with Gasteiger partial charge in [0.1, 0.15) is 11.4 Å². The molecule has 1 N–H and O–H groups in total. The van der Waals surface area contributed by atoms with Crippen LogP contribution in [-0.2, 0) is 10.9 Å². The molecule has 3 aliphatic rings. The fraction of sp³-hybridized carbons (Fsp3) is 0.583. The summed E-state index contributed by atoms with van der Waals surface area (Å²) in [5.74, 6) is 0.802. The third-order valence-corrected chi connectivity index (χ3v) is 7.28. The maximum Gasteiger partial charge on any atom is 0.420 e. The van der Waals surface area contributed by atoms with Crippen molar-refractivity contribution >= 4 is 5.82 Å². The second kappa shape index (κ2) is 8.83. The van der Waals surface area contributed by atoms with Crippen molar-refractivity contribution in [1.82, 2.24) is 15.1 Å². The van der Waals surface area contributed by atoms with Crippen LogP contribution in [0.25, 0.3) is 11.3 Å². The number of nitrogens with one attached hydrogen (secondary N) is 1. The topological polar surface area (TPSA) is 50.3 Å². The molecule has 33 heavy (non-hydrogen) atoms. The first kappa shape index (κ1) is 22.5. The van der Waals surface area contributed by atoms with Crippen molar-refractivity contribution in [3.8, 4) is 11.3 Å². The van der Waals surface area contributed by atoms with Gasteiger partial charge in [-0.15, -0.1) is 10.2 Å². The fourth-order valence-corrected chi connectivity index (χ4v) is 5.67. The number of rotatable bonds is 5. The van der Waals surface area contributed by atoms with Crippen LogP contribution in [0.3, 0.4) is 0 Å². The molecule has 4 atom stereocenters.